The molecular formula is C26H23BrN2O4S. The summed E-state index contributed by atoms with van der Waals surface area (Å²) in [6.07, 6.45) is 2.86. The number of amides is 1. The first-order valence-corrected chi connectivity index (χ1v) is 12.6. The van der Waals surface area contributed by atoms with Crippen LogP contribution < -0.4 is 24.8 Å². The molecule has 5 rings (SSSR count). The van der Waals surface area contributed by atoms with Gasteiger partial charge in [0.05, 0.1) is 4.91 Å². The van der Waals surface area contributed by atoms with E-state index in [-0.39, 0.29) is 18.2 Å². The highest BCUT2D eigenvalue weighted by atomic mass is 79.9. The van der Waals surface area contributed by atoms with Crippen molar-refractivity contribution in [3.63, 3.8) is 0 Å². The molecule has 174 valence electrons. The normalized spacial score (nSPS) is 17.6. The Labute approximate surface area is 210 Å². The molecule has 2 aliphatic rings. The van der Waals surface area contributed by atoms with E-state index >= 15 is 0 Å². The molecule has 0 spiro atoms. The summed E-state index contributed by atoms with van der Waals surface area (Å²) in [5.41, 5.74) is 3.79. The molecule has 0 radical (unpaired) electrons. The minimum absolute atomic E-state index is 0.116. The van der Waals surface area contributed by atoms with Crippen molar-refractivity contribution in [2.75, 3.05) is 12.1 Å². The van der Waals surface area contributed by atoms with E-state index < -0.39 is 0 Å². The average molecular weight is 539 g/mol. The van der Waals surface area contributed by atoms with Crippen LogP contribution in [-0.2, 0) is 17.8 Å². The minimum atomic E-state index is -0.239. The maximum absolute atomic E-state index is 12.6. The molecule has 0 bridgehead atoms. The van der Waals surface area contributed by atoms with E-state index in [9.17, 15) is 4.79 Å². The fourth-order valence-electron chi connectivity index (χ4n) is 3.65. The van der Waals surface area contributed by atoms with E-state index in [0.717, 1.165) is 39.2 Å². The number of rotatable bonds is 7. The number of hydrogen-bond donors (Lipinski definition) is 2. The molecule has 2 N–H and O–H groups in total. The topological polar surface area (TPSA) is 68.8 Å². The molecule has 8 heteroatoms. The summed E-state index contributed by atoms with van der Waals surface area (Å²) in [6, 6.07) is 19.8. The number of aryl methyl sites for hydroxylation is 1. The zero-order valence-electron chi connectivity index (χ0n) is 18.5. The first-order chi connectivity index (χ1) is 16.6. The number of carbonyl (C=O) groups is 1. The molecule has 2 aliphatic heterocycles. The van der Waals surface area contributed by atoms with Gasteiger partial charge in [0, 0.05) is 15.7 Å². The van der Waals surface area contributed by atoms with Crippen LogP contribution in [-0.4, -0.2) is 18.2 Å². The van der Waals surface area contributed by atoms with Crippen LogP contribution in [0.15, 0.2) is 70.0 Å². The molecule has 0 aliphatic carbocycles. The predicted molar refractivity (Wildman–Crippen MR) is 138 cm³/mol. The fraction of sp³-hybridized carbons (Fsp3) is 0.192. The van der Waals surface area contributed by atoms with Gasteiger partial charge in [-0.2, -0.15) is 0 Å². The van der Waals surface area contributed by atoms with Gasteiger partial charge in [-0.25, -0.2) is 0 Å². The van der Waals surface area contributed by atoms with Crippen LogP contribution in [0, 0.1) is 0 Å². The Bertz CT molecular complexity index is 1250. The van der Waals surface area contributed by atoms with E-state index in [2.05, 4.69) is 45.6 Å². The molecule has 0 aromatic heterocycles. The Morgan fingerprint density at radius 2 is 1.88 bits per heavy atom. The Balaban J connectivity index is 1.29. The third kappa shape index (κ3) is 5.18. The first kappa shape index (κ1) is 22.7. The van der Waals surface area contributed by atoms with Crippen LogP contribution in [0.1, 0.15) is 23.6 Å². The van der Waals surface area contributed by atoms with Gasteiger partial charge in [0.2, 0.25) is 6.79 Å². The zero-order valence-corrected chi connectivity index (χ0v) is 20.9. The number of fused-ring (bicyclic) bond motifs is 1. The number of halogens is 1. The number of ether oxygens (including phenoxy) is 3. The predicted octanol–water partition coefficient (Wildman–Crippen LogP) is 5.92. The number of carbonyl (C=O) groups excluding carboxylic acids is 1. The van der Waals surface area contributed by atoms with Crippen molar-refractivity contribution in [2.45, 2.75) is 25.4 Å². The molecule has 2 heterocycles. The van der Waals surface area contributed by atoms with Crippen molar-refractivity contribution in [1.82, 2.24) is 5.32 Å². The summed E-state index contributed by atoms with van der Waals surface area (Å²) >= 11 is 4.97. The third-order valence-corrected chi connectivity index (χ3v) is 7.00. The smallest absolute Gasteiger partial charge is 0.260 e. The molecule has 3 aromatic rings. The number of benzene rings is 3. The summed E-state index contributed by atoms with van der Waals surface area (Å²) < 4.78 is 17.8. The summed E-state index contributed by atoms with van der Waals surface area (Å²) in [4.78, 5) is 13.3. The molecule has 3 aromatic carbocycles. The van der Waals surface area contributed by atoms with E-state index in [4.69, 9.17) is 14.2 Å². The second-order valence-corrected chi connectivity index (χ2v) is 9.90. The molecule has 34 heavy (non-hydrogen) atoms. The standard InChI is InChI=1S/C26H23BrN2O4S/c1-2-16-3-7-20(8-4-16)28-26-29-25(30)24(34-26)13-18-12-19(27)6-10-21(18)31-14-17-5-9-22-23(11-17)33-15-32-22/h3-13,26,28H,2,14-15H2,1H3,(H,29,30)/b24-13-/t26-/m0/s1. The van der Waals surface area contributed by atoms with Gasteiger partial charge in [0.25, 0.3) is 5.91 Å². The maximum Gasteiger partial charge on any atom is 0.260 e. The Morgan fingerprint density at radius 1 is 1.09 bits per heavy atom. The van der Waals surface area contributed by atoms with Crippen LogP contribution in [0.4, 0.5) is 5.69 Å². The summed E-state index contributed by atoms with van der Waals surface area (Å²) in [5, 5.41) is 6.34. The SMILES string of the molecule is CCc1ccc(N[C@H]2NC(=O)/C(=C/c3cc(Br)ccc3OCc3ccc4c(c3)OCO4)S2)cc1. The van der Waals surface area contributed by atoms with Gasteiger partial charge in [-0.15, -0.1) is 0 Å². The monoisotopic (exact) mass is 538 g/mol. The van der Waals surface area contributed by atoms with E-state index in [1.165, 1.54) is 17.3 Å². The highest BCUT2D eigenvalue weighted by Crippen LogP contribution is 2.35. The summed E-state index contributed by atoms with van der Waals surface area (Å²) in [7, 11) is 0. The highest BCUT2D eigenvalue weighted by Gasteiger charge is 2.27. The molecule has 1 saturated heterocycles. The van der Waals surface area contributed by atoms with E-state index in [1.807, 2.05) is 54.6 Å². The lowest BCUT2D eigenvalue weighted by Crippen LogP contribution is -2.30. The van der Waals surface area contributed by atoms with Crippen LogP contribution in [0.5, 0.6) is 17.2 Å². The Morgan fingerprint density at radius 3 is 2.71 bits per heavy atom. The number of thioether (sulfide) groups is 1. The van der Waals surface area contributed by atoms with Crippen molar-refractivity contribution in [2.24, 2.45) is 0 Å². The molecule has 1 fully saturated rings. The Kier molecular flexibility index (Phi) is 6.69. The van der Waals surface area contributed by atoms with Crippen molar-refractivity contribution < 1.29 is 19.0 Å². The van der Waals surface area contributed by atoms with Crippen molar-refractivity contribution in [1.29, 1.82) is 0 Å². The van der Waals surface area contributed by atoms with Crippen molar-refractivity contribution in [3.8, 4) is 17.2 Å². The molecule has 1 amide bonds. The van der Waals surface area contributed by atoms with Crippen LogP contribution in [0.3, 0.4) is 0 Å². The van der Waals surface area contributed by atoms with Gasteiger partial charge in [-0.05, 0) is 66.1 Å². The van der Waals surface area contributed by atoms with Crippen LogP contribution in [0.25, 0.3) is 6.08 Å². The summed E-state index contributed by atoms with van der Waals surface area (Å²) in [5.74, 6) is 2.04. The summed E-state index contributed by atoms with van der Waals surface area (Å²) in [6.45, 7) is 2.73. The fourth-order valence-corrected chi connectivity index (χ4v) is 5.00. The number of hydrogen-bond acceptors (Lipinski definition) is 6. The van der Waals surface area contributed by atoms with Crippen LogP contribution >= 0.6 is 27.7 Å². The van der Waals surface area contributed by atoms with Crippen LogP contribution in [0.2, 0.25) is 0 Å². The third-order valence-electron chi connectivity index (χ3n) is 5.48. The zero-order chi connectivity index (χ0) is 23.5. The van der Waals surface area contributed by atoms with Crippen molar-refractivity contribution in [3.05, 3.63) is 86.7 Å². The number of anilines is 1. The molecule has 0 unspecified atom stereocenters. The lowest BCUT2D eigenvalue weighted by atomic mass is 10.1. The lowest BCUT2D eigenvalue weighted by molar-refractivity contribution is -0.116. The highest BCUT2D eigenvalue weighted by molar-refractivity contribution is 9.10. The van der Waals surface area contributed by atoms with Gasteiger partial charge in [0.15, 0.2) is 17.0 Å². The molecule has 6 nitrogen and oxygen atoms in total. The number of nitrogens with one attached hydrogen (secondary N) is 2. The largest absolute Gasteiger partial charge is 0.488 e. The van der Waals surface area contributed by atoms with Gasteiger partial charge >= 0.3 is 0 Å². The Hall–Kier alpha value is -3.10. The molecule has 0 saturated carbocycles. The minimum Gasteiger partial charge on any atom is -0.488 e. The van der Waals surface area contributed by atoms with Gasteiger partial charge in [-0.1, -0.05) is 52.8 Å². The second-order valence-electron chi connectivity index (χ2n) is 7.83. The van der Waals surface area contributed by atoms with E-state index in [0.29, 0.717) is 17.3 Å². The first-order valence-electron chi connectivity index (χ1n) is 10.9. The van der Waals surface area contributed by atoms with Gasteiger partial charge < -0.3 is 24.8 Å². The lowest BCUT2D eigenvalue weighted by Gasteiger charge is -2.13. The van der Waals surface area contributed by atoms with Crippen molar-refractivity contribution >= 4 is 45.4 Å². The quantitative estimate of drug-likeness (QED) is 0.364. The van der Waals surface area contributed by atoms with Gasteiger partial charge in [0.1, 0.15) is 12.4 Å². The molecular weight excluding hydrogens is 516 g/mol. The van der Waals surface area contributed by atoms with E-state index in [1.54, 1.807) is 0 Å². The second kappa shape index (κ2) is 10.0. The molecule has 1 atom stereocenters. The maximum atomic E-state index is 12.6. The average Bonchev–Trinajstić information content (AvgIpc) is 3.44. The van der Waals surface area contributed by atoms with Gasteiger partial charge in [-0.3, -0.25) is 4.79 Å².